The number of halogens is 1. The van der Waals surface area contributed by atoms with Crippen molar-refractivity contribution >= 4 is 33.2 Å². The van der Waals surface area contributed by atoms with Crippen LogP contribution in [0.1, 0.15) is 18.9 Å². The lowest BCUT2D eigenvalue weighted by molar-refractivity contribution is 0.209. The summed E-state index contributed by atoms with van der Waals surface area (Å²) < 4.78 is 24.0. The van der Waals surface area contributed by atoms with E-state index in [1.54, 1.807) is 15.9 Å². The van der Waals surface area contributed by atoms with Crippen LogP contribution in [0, 0.1) is 6.92 Å². The molecule has 0 aliphatic carbocycles. The van der Waals surface area contributed by atoms with Crippen molar-refractivity contribution in [1.82, 2.24) is 4.90 Å². The summed E-state index contributed by atoms with van der Waals surface area (Å²) in [6, 6.07) is 4.74. The lowest BCUT2D eigenvalue weighted by Gasteiger charge is -2.22. The van der Waals surface area contributed by atoms with Gasteiger partial charge in [0.1, 0.15) is 0 Å². The molecule has 2 amide bonds. The minimum atomic E-state index is -3.11. The van der Waals surface area contributed by atoms with E-state index in [1.165, 1.54) is 0 Å². The average molecular weight is 343 g/mol. The maximum absolute atomic E-state index is 12.7. The van der Waals surface area contributed by atoms with E-state index in [0.29, 0.717) is 17.3 Å². The summed E-state index contributed by atoms with van der Waals surface area (Å²) in [6.45, 7) is 4.45. The SMILES string of the molecule is CCCN1C(=O)N(c2ccc(C)c(Cl)c2)[C@@H]2CS(=O)(=O)C[C@@H]21. The van der Waals surface area contributed by atoms with Gasteiger partial charge in [0.2, 0.25) is 0 Å². The Morgan fingerprint density at radius 2 is 1.95 bits per heavy atom. The smallest absolute Gasteiger partial charge is 0.318 e. The molecule has 0 unspecified atom stereocenters. The predicted octanol–water partition coefficient (Wildman–Crippen LogP) is 2.47. The van der Waals surface area contributed by atoms with Crippen molar-refractivity contribution in [2.45, 2.75) is 32.4 Å². The van der Waals surface area contributed by atoms with E-state index in [9.17, 15) is 13.2 Å². The van der Waals surface area contributed by atoms with Gasteiger partial charge in [-0.05, 0) is 31.0 Å². The Morgan fingerprint density at radius 1 is 1.27 bits per heavy atom. The van der Waals surface area contributed by atoms with Gasteiger partial charge in [-0.25, -0.2) is 13.2 Å². The van der Waals surface area contributed by atoms with Gasteiger partial charge in [-0.3, -0.25) is 4.90 Å². The molecule has 0 radical (unpaired) electrons. The van der Waals surface area contributed by atoms with Crippen molar-refractivity contribution in [3.63, 3.8) is 0 Å². The summed E-state index contributed by atoms with van der Waals surface area (Å²) in [4.78, 5) is 16.0. The fraction of sp³-hybridized carbons (Fsp3) is 0.533. The molecule has 0 spiro atoms. The fourth-order valence-electron chi connectivity index (χ4n) is 3.31. The first-order valence-corrected chi connectivity index (χ1v) is 9.60. The van der Waals surface area contributed by atoms with Crippen LogP contribution in [-0.2, 0) is 9.84 Å². The molecule has 1 aromatic carbocycles. The van der Waals surface area contributed by atoms with Crippen LogP contribution in [0.15, 0.2) is 18.2 Å². The molecule has 3 rings (SSSR count). The zero-order valence-corrected chi connectivity index (χ0v) is 14.2. The van der Waals surface area contributed by atoms with Crippen LogP contribution in [0.4, 0.5) is 10.5 Å². The number of sulfone groups is 1. The van der Waals surface area contributed by atoms with Crippen molar-refractivity contribution < 1.29 is 13.2 Å². The van der Waals surface area contributed by atoms with Gasteiger partial charge in [0.05, 0.1) is 23.6 Å². The van der Waals surface area contributed by atoms with Crippen molar-refractivity contribution in [2.24, 2.45) is 0 Å². The molecule has 2 saturated heterocycles. The molecule has 120 valence electrons. The maximum atomic E-state index is 12.7. The van der Waals surface area contributed by atoms with Crippen molar-refractivity contribution in [2.75, 3.05) is 23.0 Å². The molecular weight excluding hydrogens is 324 g/mol. The van der Waals surface area contributed by atoms with Crippen LogP contribution in [0.3, 0.4) is 0 Å². The molecule has 22 heavy (non-hydrogen) atoms. The fourth-order valence-corrected chi connectivity index (χ4v) is 5.44. The summed E-state index contributed by atoms with van der Waals surface area (Å²) in [7, 11) is -3.11. The Balaban J connectivity index is 2.02. The van der Waals surface area contributed by atoms with E-state index in [-0.39, 0.29) is 29.6 Å². The molecule has 2 fully saturated rings. The standard InChI is InChI=1S/C15H19ClN2O3S/c1-3-6-17-13-8-22(20,21)9-14(13)18(15(17)19)11-5-4-10(2)12(16)7-11/h4-5,7,13-14H,3,6,8-9H2,1-2H3/t13-,14+/m0/s1. The predicted molar refractivity (Wildman–Crippen MR) is 87.3 cm³/mol. The number of carbonyl (C=O) groups is 1. The number of hydrogen-bond acceptors (Lipinski definition) is 3. The molecule has 0 N–H and O–H groups in total. The van der Waals surface area contributed by atoms with Crippen molar-refractivity contribution in [3.8, 4) is 0 Å². The van der Waals surface area contributed by atoms with Gasteiger partial charge in [-0.2, -0.15) is 0 Å². The lowest BCUT2D eigenvalue weighted by Crippen LogP contribution is -2.38. The number of fused-ring (bicyclic) bond motifs is 1. The van der Waals surface area contributed by atoms with Crippen LogP contribution < -0.4 is 4.90 Å². The highest BCUT2D eigenvalue weighted by Gasteiger charge is 2.53. The van der Waals surface area contributed by atoms with Gasteiger partial charge in [-0.1, -0.05) is 24.6 Å². The zero-order chi connectivity index (χ0) is 16.1. The Hall–Kier alpha value is -1.27. The number of nitrogens with zero attached hydrogens (tertiary/aromatic N) is 2. The molecule has 2 heterocycles. The molecule has 2 atom stereocenters. The Labute approximate surface area is 135 Å². The third kappa shape index (κ3) is 2.48. The van der Waals surface area contributed by atoms with Gasteiger partial charge in [0.15, 0.2) is 9.84 Å². The van der Waals surface area contributed by atoms with Gasteiger partial charge in [0.25, 0.3) is 0 Å². The van der Waals surface area contributed by atoms with Crippen molar-refractivity contribution in [1.29, 1.82) is 0 Å². The molecule has 0 saturated carbocycles. The molecule has 5 nitrogen and oxygen atoms in total. The highest BCUT2D eigenvalue weighted by molar-refractivity contribution is 7.91. The molecule has 2 aliphatic heterocycles. The largest absolute Gasteiger partial charge is 0.325 e. The number of carbonyl (C=O) groups excluding carboxylic acids is 1. The number of rotatable bonds is 3. The summed E-state index contributed by atoms with van der Waals surface area (Å²) >= 11 is 6.17. The number of amides is 2. The molecular formula is C15H19ClN2O3S. The van der Waals surface area contributed by atoms with E-state index in [4.69, 9.17) is 11.6 Å². The van der Waals surface area contributed by atoms with E-state index < -0.39 is 9.84 Å². The van der Waals surface area contributed by atoms with Gasteiger partial charge >= 0.3 is 6.03 Å². The number of anilines is 1. The Bertz CT molecular complexity index is 719. The van der Waals surface area contributed by atoms with E-state index in [1.807, 2.05) is 26.0 Å². The number of hydrogen-bond donors (Lipinski definition) is 0. The highest BCUT2D eigenvalue weighted by Crippen LogP contribution is 2.36. The summed E-state index contributed by atoms with van der Waals surface area (Å²) in [6.07, 6.45) is 0.803. The molecule has 0 bridgehead atoms. The topological polar surface area (TPSA) is 57.7 Å². The quantitative estimate of drug-likeness (QED) is 0.793. The minimum Gasteiger partial charge on any atom is -0.318 e. The van der Waals surface area contributed by atoms with Gasteiger partial charge in [0, 0.05) is 17.3 Å². The third-order valence-electron chi connectivity index (χ3n) is 4.38. The summed E-state index contributed by atoms with van der Waals surface area (Å²) in [5.41, 5.74) is 1.60. The van der Waals surface area contributed by atoms with Crippen LogP contribution >= 0.6 is 11.6 Å². The normalized spacial score (nSPS) is 26.6. The number of aryl methyl sites for hydroxylation is 1. The second-order valence-corrected chi connectivity index (χ2v) is 8.55. The van der Waals surface area contributed by atoms with E-state index >= 15 is 0 Å². The van der Waals surface area contributed by atoms with Gasteiger partial charge in [-0.15, -0.1) is 0 Å². The average Bonchev–Trinajstić information content (AvgIpc) is 2.86. The monoisotopic (exact) mass is 342 g/mol. The zero-order valence-electron chi connectivity index (χ0n) is 12.6. The van der Waals surface area contributed by atoms with Crippen molar-refractivity contribution in [3.05, 3.63) is 28.8 Å². The second-order valence-electron chi connectivity index (χ2n) is 5.99. The maximum Gasteiger partial charge on any atom is 0.325 e. The summed E-state index contributed by atoms with van der Waals surface area (Å²) in [5, 5.41) is 0.580. The third-order valence-corrected chi connectivity index (χ3v) is 6.48. The van der Waals surface area contributed by atoms with Gasteiger partial charge < -0.3 is 4.90 Å². The van der Waals surface area contributed by atoms with E-state index in [0.717, 1.165) is 12.0 Å². The first kappa shape index (κ1) is 15.6. The first-order chi connectivity index (χ1) is 10.3. The van der Waals surface area contributed by atoms with E-state index in [2.05, 4.69) is 0 Å². The Morgan fingerprint density at radius 3 is 2.59 bits per heavy atom. The highest BCUT2D eigenvalue weighted by atomic mass is 35.5. The van der Waals surface area contributed by atoms with Crippen LogP contribution in [0.5, 0.6) is 0 Å². The molecule has 0 aromatic heterocycles. The lowest BCUT2D eigenvalue weighted by atomic mass is 10.1. The van der Waals surface area contributed by atoms with Crippen LogP contribution in [0.25, 0.3) is 0 Å². The molecule has 2 aliphatic rings. The van der Waals surface area contributed by atoms with Crippen LogP contribution in [0.2, 0.25) is 5.02 Å². The number of benzene rings is 1. The summed E-state index contributed by atoms with van der Waals surface area (Å²) in [5.74, 6) is 0.0780. The molecule has 1 aromatic rings. The first-order valence-electron chi connectivity index (χ1n) is 7.40. The van der Waals surface area contributed by atoms with Crippen LogP contribution in [-0.4, -0.2) is 49.5 Å². The minimum absolute atomic E-state index is 0.0229. The molecule has 7 heteroatoms. The Kier molecular flexibility index (Phi) is 3.85. The number of urea groups is 1. The second kappa shape index (κ2) is 5.42.